The molecule has 2 aromatic rings. The van der Waals surface area contributed by atoms with Crippen LogP contribution < -0.4 is 5.32 Å². The van der Waals surface area contributed by atoms with Crippen LogP contribution in [0.25, 0.3) is 0 Å². The summed E-state index contributed by atoms with van der Waals surface area (Å²) in [5.74, 6) is 0.0166. The third-order valence-corrected chi connectivity index (χ3v) is 4.06. The second kappa shape index (κ2) is 8.56. The molecule has 1 fully saturated rings. The first-order valence-corrected chi connectivity index (χ1v) is 8.26. The molecule has 2 heterocycles. The van der Waals surface area contributed by atoms with E-state index in [2.05, 4.69) is 44.6 Å². The minimum Gasteiger partial charge on any atom is -0.379 e. The summed E-state index contributed by atoms with van der Waals surface area (Å²) < 4.78 is 7.02. The molecule has 1 amide bonds. The van der Waals surface area contributed by atoms with Crippen LogP contribution in [-0.2, 0) is 29.2 Å². The predicted octanol–water partition coefficient (Wildman–Crippen LogP) is 0.817. The fourth-order valence-electron chi connectivity index (χ4n) is 2.63. The van der Waals surface area contributed by atoms with E-state index in [0.29, 0.717) is 19.5 Å². The highest BCUT2D eigenvalue weighted by atomic mass is 16.5. The Labute approximate surface area is 141 Å². The third kappa shape index (κ3) is 5.14. The summed E-state index contributed by atoms with van der Waals surface area (Å²) >= 11 is 0. The van der Waals surface area contributed by atoms with Gasteiger partial charge >= 0.3 is 0 Å². The van der Waals surface area contributed by atoms with Crippen LogP contribution in [0.5, 0.6) is 0 Å². The van der Waals surface area contributed by atoms with E-state index in [1.54, 1.807) is 11.0 Å². The summed E-state index contributed by atoms with van der Waals surface area (Å²) in [7, 11) is 0. The maximum absolute atomic E-state index is 11.9. The molecule has 0 aliphatic carbocycles. The number of aryl methyl sites for hydroxylation is 1. The first kappa shape index (κ1) is 16.6. The molecule has 1 saturated heterocycles. The number of benzene rings is 1. The van der Waals surface area contributed by atoms with Gasteiger partial charge in [0.1, 0.15) is 12.7 Å². The Morgan fingerprint density at radius 1 is 1.17 bits per heavy atom. The van der Waals surface area contributed by atoms with Crippen LogP contribution in [0.15, 0.2) is 36.9 Å². The smallest absolute Gasteiger partial charge is 0.222 e. The van der Waals surface area contributed by atoms with E-state index in [-0.39, 0.29) is 5.91 Å². The number of amides is 1. The van der Waals surface area contributed by atoms with Gasteiger partial charge in [0.2, 0.25) is 5.91 Å². The molecule has 1 aromatic carbocycles. The highest BCUT2D eigenvalue weighted by Crippen LogP contribution is 2.09. The zero-order chi connectivity index (χ0) is 16.6. The molecule has 3 rings (SSSR count). The van der Waals surface area contributed by atoms with Gasteiger partial charge in [0.05, 0.1) is 19.8 Å². The van der Waals surface area contributed by atoms with Crippen molar-refractivity contribution in [2.75, 3.05) is 26.3 Å². The molecular formula is C17H23N5O2. The third-order valence-electron chi connectivity index (χ3n) is 4.06. The highest BCUT2D eigenvalue weighted by Gasteiger charge is 2.10. The van der Waals surface area contributed by atoms with E-state index in [1.165, 1.54) is 11.9 Å². The second-order valence-corrected chi connectivity index (χ2v) is 5.89. The first-order chi connectivity index (χ1) is 11.8. The quantitative estimate of drug-likeness (QED) is 0.814. The first-order valence-electron chi connectivity index (χ1n) is 8.26. The summed E-state index contributed by atoms with van der Waals surface area (Å²) in [6.45, 7) is 5.66. The van der Waals surface area contributed by atoms with Crippen molar-refractivity contribution >= 4 is 5.91 Å². The van der Waals surface area contributed by atoms with Gasteiger partial charge in [-0.05, 0) is 11.1 Å². The number of hydrogen-bond donors (Lipinski definition) is 1. The van der Waals surface area contributed by atoms with Crippen LogP contribution in [0.1, 0.15) is 17.5 Å². The normalized spacial score (nSPS) is 15.3. The molecule has 1 aliphatic heterocycles. The maximum Gasteiger partial charge on any atom is 0.222 e. The predicted molar refractivity (Wildman–Crippen MR) is 89.0 cm³/mol. The number of ether oxygens (including phenoxy) is 1. The average molecular weight is 329 g/mol. The number of aromatic nitrogens is 3. The highest BCUT2D eigenvalue weighted by molar-refractivity contribution is 5.75. The lowest BCUT2D eigenvalue weighted by molar-refractivity contribution is -0.121. The number of nitrogens with zero attached hydrogens (tertiary/aromatic N) is 4. The Hall–Kier alpha value is -2.25. The van der Waals surface area contributed by atoms with Gasteiger partial charge in [-0.15, -0.1) is 0 Å². The molecule has 24 heavy (non-hydrogen) atoms. The number of carbonyl (C=O) groups excluding carboxylic acids is 1. The molecule has 0 spiro atoms. The standard InChI is InChI=1S/C17H23N5O2/c23-17(5-6-22-14-18-13-20-22)19-11-15-1-3-16(4-2-15)12-21-7-9-24-10-8-21/h1-4,13-14H,5-12H2,(H,19,23). The summed E-state index contributed by atoms with van der Waals surface area (Å²) in [6, 6.07) is 8.42. The van der Waals surface area contributed by atoms with Crippen molar-refractivity contribution < 1.29 is 9.53 Å². The Bertz CT molecular complexity index is 621. The van der Waals surface area contributed by atoms with Crippen molar-refractivity contribution in [1.29, 1.82) is 0 Å². The van der Waals surface area contributed by atoms with E-state index < -0.39 is 0 Å². The van der Waals surface area contributed by atoms with Crippen LogP contribution in [0.3, 0.4) is 0 Å². The molecule has 7 nitrogen and oxygen atoms in total. The van der Waals surface area contributed by atoms with Gasteiger partial charge in [-0.2, -0.15) is 5.10 Å². The molecule has 1 aromatic heterocycles. The van der Waals surface area contributed by atoms with E-state index >= 15 is 0 Å². The van der Waals surface area contributed by atoms with Gasteiger partial charge in [-0.1, -0.05) is 24.3 Å². The largest absolute Gasteiger partial charge is 0.379 e. The number of morpholine rings is 1. The van der Waals surface area contributed by atoms with Gasteiger partial charge < -0.3 is 10.1 Å². The van der Waals surface area contributed by atoms with Gasteiger partial charge in [0, 0.05) is 32.6 Å². The molecule has 1 aliphatic rings. The zero-order valence-corrected chi connectivity index (χ0v) is 13.7. The minimum atomic E-state index is 0.0166. The fraction of sp³-hybridized carbons (Fsp3) is 0.471. The number of carbonyl (C=O) groups is 1. The lowest BCUT2D eigenvalue weighted by atomic mass is 10.1. The molecule has 7 heteroatoms. The van der Waals surface area contributed by atoms with E-state index in [4.69, 9.17) is 4.74 Å². The van der Waals surface area contributed by atoms with Crippen molar-refractivity contribution in [3.8, 4) is 0 Å². The fourth-order valence-corrected chi connectivity index (χ4v) is 2.63. The Kier molecular flexibility index (Phi) is 5.92. The van der Waals surface area contributed by atoms with Crippen molar-refractivity contribution in [1.82, 2.24) is 25.0 Å². The summed E-state index contributed by atoms with van der Waals surface area (Å²) in [4.78, 5) is 18.1. The second-order valence-electron chi connectivity index (χ2n) is 5.89. The van der Waals surface area contributed by atoms with Gasteiger partial charge in [-0.25, -0.2) is 4.98 Å². The van der Waals surface area contributed by atoms with Gasteiger partial charge in [0.25, 0.3) is 0 Å². The van der Waals surface area contributed by atoms with Crippen molar-refractivity contribution in [2.45, 2.75) is 26.1 Å². The molecule has 128 valence electrons. The number of hydrogen-bond acceptors (Lipinski definition) is 5. The zero-order valence-electron chi connectivity index (χ0n) is 13.7. The van der Waals surface area contributed by atoms with Gasteiger partial charge in [-0.3, -0.25) is 14.4 Å². The average Bonchev–Trinajstić information content (AvgIpc) is 3.14. The van der Waals surface area contributed by atoms with Crippen molar-refractivity contribution in [3.63, 3.8) is 0 Å². The molecule has 0 unspecified atom stereocenters. The van der Waals surface area contributed by atoms with Crippen LogP contribution in [-0.4, -0.2) is 51.9 Å². The molecule has 0 atom stereocenters. The lowest BCUT2D eigenvalue weighted by Gasteiger charge is -2.26. The number of rotatable bonds is 7. The Morgan fingerprint density at radius 3 is 2.62 bits per heavy atom. The van der Waals surface area contributed by atoms with Crippen LogP contribution >= 0.6 is 0 Å². The van der Waals surface area contributed by atoms with Crippen LogP contribution in [0.4, 0.5) is 0 Å². The minimum absolute atomic E-state index is 0.0166. The molecule has 0 radical (unpaired) electrons. The van der Waals surface area contributed by atoms with Crippen LogP contribution in [0, 0.1) is 0 Å². The molecule has 1 N–H and O–H groups in total. The van der Waals surface area contributed by atoms with E-state index in [0.717, 1.165) is 38.4 Å². The Morgan fingerprint density at radius 2 is 1.92 bits per heavy atom. The summed E-state index contributed by atoms with van der Waals surface area (Å²) in [6.07, 6.45) is 3.48. The van der Waals surface area contributed by atoms with Crippen molar-refractivity contribution in [3.05, 3.63) is 48.0 Å². The number of nitrogens with one attached hydrogen (secondary N) is 1. The molecular weight excluding hydrogens is 306 g/mol. The molecule has 0 saturated carbocycles. The maximum atomic E-state index is 11.9. The topological polar surface area (TPSA) is 72.3 Å². The van der Waals surface area contributed by atoms with E-state index in [1.807, 2.05) is 0 Å². The monoisotopic (exact) mass is 329 g/mol. The SMILES string of the molecule is O=C(CCn1cncn1)NCc1ccc(CN2CCOCC2)cc1. The summed E-state index contributed by atoms with van der Waals surface area (Å²) in [5, 5.41) is 6.91. The molecule has 0 bridgehead atoms. The van der Waals surface area contributed by atoms with E-state index in [9.17, 15) is 4.79 Å². The Balaban J connectivity index is 1.39. The van der Waals surface area contributed by atoms with Gasteiger partial charge in [0.15, 0.2) is 0 Å². The lowest BCUT2D eigenvalue weighted by Crippen LogP contribution is -2.35. The summed E-state index contributed by atoms with van der Waals surface area (Å²) in [5.41, 5.74) is 2.40. The van der Waals surface area contributed by atoms with Crippen LogP contribution in [0.2, 0.25) is 0 Å². The van der Waals surface area contributed by atoms with Crippen molar-refractivity contribution in [2.24, 2.45) is 0 Å².